The highest BCUT2D eigenvalue weighted by molar-refractivity contribution is 7.92. The number of nitrogens with one attached hydrogen (secondary N) is 1. The van der Waals surface area contributed by atoms with Crippen molar-refractivity contribution in [1.29, 1.82) is 0 Å². The lowest BCUT2D eigenvalue weighted by atomic mass is 10.1. The van der Waals surface area contributed by atoms with Crippen molar-refractivity contribution in [3.05, 3.63) is 59.2 Å². The molecule has 2 rings (SSSR count). The fourth-order valence-corrected chi connectivity index (χ4v) is 3.26. The lowest BCUT2D eigenvalue weighted by Crippen LogP contribution is -2.15. The van der Waals surface area contributed by atoms with Crippen LogP contribution in [0.4, 0.5) is 5.69 Å². The van der Waals surface area contributed by atoms with Crippen LogP contribution in [0.1, 0.15) is 26.3 Å². The Bertz CT molecular complexity index is 920. The van der Waals surface area contributed by atoms with Crippen molar-refractivity contribution >= 4 is 27.6 Å². The molecule has 0 atom stereocenters. The van der Waals surface area contributed by atoms with Crippen LogP contribution in [-0.4, -0.2) is 34.6 Å². The minimum absolute atomic E-state index is 0.0988. The molecule has 0 aliphatic carbocycles. The maximum atomic E-state index is 12.6. The third-order valence-electron chi connectivity index (χ3n) is 3.47. The van der Waals surface area contributed by atoms with Gasteiger partial charge in [-0.3, -0.25) is 4.72 Å². The zero-order valence-electron chi connectivity index (χ0n) is 13.9. The Morgan fingerprint density at radius 3 is 2.12 bits per heavy atom. The molecule has 7 nitrogen and oxygen atoms in total. The summed E-state index contributed by atoms with van der Waals surface area (Å²) in [6.45, 7) is 1.70. The standard InChI is InChI=1S/C17H17NO6S/c1-11-7-8-13(17(20)24-3)10-15(11)18-25(21,22)14-6-4-5-12(9-14)16(19)23-2/h4-10,18H,1-3H3. The molecule has 25 heavy (non-hydrogen) atoms. The third kappa shape index (κ3) is 4.16. The van der Waals surface area contributed by atoms with E-state index in [1.807, 2.05) is 0 Å². The second-order valence-electron chi connectivity index (χ2n) is 5.15. The van der Waals surface area contributed by atoms with Crippen molar-refractivity contribution < 1.29 is 27.5 Å². The van der Waals surface area contributed by atoms with E-state index in [-0.39, 0.29) is 21.7 Å². The van der Waals surface area contributed by atoms with Crippen LogP contribution in [-0.2, 0) is 19.5 Å². The molecule has 0 bridgehead atoms. The number of rotatable bonds is 5. The van der Waals surface area contributed by atoms with Crippen LogP contribution in [0.25, 0.3) is 0 Å². The van der Waals surface area contributed by atoms with E-state index in [2.05, 4.69) is 14.2 Å². The van der Waals surface area contributed by atoms with E-state index in [9.17, 15) is 18.0 Å². The molecule has 0 aliphatic heterocycles. The summed E-state index contributed by atoms with van der Waals surface area (Å²) in [5.74, 6) is -1.21. The summed E-state index contributed by atoms with van der Waals surface area (Å²) in [6.07, 6.45) is 0. The summed E-state index contributed by atoms with van der Waals surface area (Å²) in [4.78, 5) is 23.1. The maximum absolute atomic E-state index is 12.6. The first-order valence-corrected chi connectivity index (χ1v) is 8.67. The van der Waals surface area contributed by atoms with Crippen molar-refractivity contribution in [2.45, 2.75) is 11.8 Å². The number of sulfonamides is 1. The molecule has 0 unspecified atom stereocenters. The first-order chi connectivity index (χ1) is 11.8. The summed E-state index contributed by atoms with van der Waals surface area (Å²) >= 11 is 0. The van der Waals surface area contributed by atoms with Crippen LogP contribution in [0.5, 0.6) is 0 Å². The van der Waals surface area contributed by atoms with Gasteiger partial charge in [0.25, 0.3) is 10.0 Å². The number of methoxy groups -OCH3 is 2. The molecule has 0 radical (unpaired) electrons. The molecule has 0 aliphatic rings. The Hall–Kier alpha value is -2.87. The molecule has 0 saturated heterocycles. The normalized spacial score (nSPS) is 10.8. The van der Waals surface area contributed by atoms with Crippen LogP contribution in [0.2, 0.25) is 0 Å². The molecular formula is C17H17NO6S. The molecule has 0 fully saturated rings. The van der Waals surface area contributed by atoms with Gasteiger partial charge < -0.3 is 9.47 Å². The first kappa shape index (κ1) is 18.5. The molecular weight excluding hydrogens is 346 g/mol. The Morgan fingerprint density at radius 1 is 0.920 bits per heavy atom. The maximum Gasteiger partial charge on any atom is 0.337 e. The molecule has 0 heterocycles. The summed E-state index contributed by atoms with van der Waals surface area (Å²) in [6, 6.07) is 10.0. The van der Waals surface area contributed by atoms with Gasteiger partial charge in [0.1, 0.15) is 0 Å². The highest BCUT2D eigenvalue weighted by Gasteiger charge is 2.18. The summed E-state index contributed by atoms with van der Waals surface area (Å²) in [5.41, 5.74) is 1.20. The van der Waals surface area contributed by atoms with E-state index in [0.717, 1.165) is 0 Å². The van der Waals surface area contributed by atoms with Gasteiger partial charge in [0, 0.05) is 0 Å². The Morgan fingerprint density at radius 2 is 1.52 bits per heavy atom. The summed E-state index contributed by atoms with van der Waals surface area (Å²) < 4.78 is 36.8. The van der Waals surface area contributed by atoms with Gasteiger partial charge in [-0.05, 0) is 42.8 Å². The number of carbonyl (C=O) groups is 2. The average molecular weight is 363 g/mol. The van der Waals surface area contributed by atoms with Crippen molar-refractivity contribution in [3.8, 4) is 0 Å². The number of hydrogen-bond donors (Lipinski definition) is 1. The molecule has 0 amide bonds. The molecule has 132 valence electrons. The van der Waals surface area contributed by atoms with E-state index < -0.39 is 22.0 Å². The van der Waals surface area contributed by atoms with Crippen LogP contribution >= 0.6 is 0 Å². The Kier molecular flexibility index (Phi) is 5.43. The number of aryl methyl sites for hydroxylation is 1. The van der Waals surface area contributed by atoms with E-state index in [4.69, 9.17) is 0 Å². The van der Waals surface area contributed by atoms with Gasteiger partial charge in [-0.15, -0.1) is 0 Å². The minimum atomic E-state index is -3.96. The monoisotopic (exact) mass is 363 g/mol. The molecule has 0 saturated carbocycles. The Labute approximate surface area is 145 Å². The number of esters is 2. The average Bonchev–Trinajstić information content (AvgIpc) is 2.62. The van der Waals surface area contributed by atoms with Gasteiger partial charge >= 0.3 is 11.9 Å². The minimum Gasteiger partial charge on any atom is -0.465 e. The number of hydrogen-bond acceptors (Lipinski definition) is 6. The van der Waals surface area contributed by atoms with Crippen molar-refractivity contribution in [1.82, 2.24) is 0 Å². The molecule has 0 aromatic heterocycles. The number of ether oxygens (including phenoxy) is 2. The molecule has 0 spiro atoms. The second-order valence-corrected chi connectivity index (χ2v) is 6.83. The van der Waals surface area contributed by atoms with Crippen molar-refractivity contribution in [2.75, 3.05) is 18.9 Å². The predicted octanol–water partition coefficient (Wildman–Crippen LogP) is 2.37. The molecule has 2 aromatic carbocycles. The summed E-state index contributed by atoms with van der Waals surface area (Å²) in [7, 11) is -1.51. The van der Waals surface area contributed by atoms with Crippen LogP contribution in [0, 0.1) is 6.92 Å². The largest absolute Gasteiger partial charge is 0.465 e. The SMILES string of the molecule is COC(=O)c1cccc(S(=O)(=O)Nc2cc(C(=O)OC)ccc2C)c1. The first-order valence-electron chi connectivity index (χ1n) is 7.18. The van der Waals surface area contributed by atoms with E-state index in [1.165, 1.54) is 50.6 Å². The van der Waals surface area contributed by atoms with Gasteiger partial charge in [-0.2, -0.15) is 0 Å². The zero-order chi connectivity index (χ0) is 18.6. The molecule has 2 aromatic rings. The fraction of sp³-hybridized carbons (Fsp3) is 0.176. The second kappa shape index (κ2) is 7.35. The zero-order valence-corrected chi connectivity index (χ0v) is 14.7. The Balaban J connectivity index is 2.39. The number of benzene rings is 2. The molecule has 8 heteroatoms. The van der Waals surface area contributed by atoms with Gasteiger partial charge in [0.2, 0.25) is 0 Å². The third-order valence-corrected chi connectivity index (χ3v) is 4.83. The predicted molar refractivity (Wildman–Crippen MR) is 91.1 cm³/mol. The summed E-state index contributed by atoms with van der Waals surface area (Å²) in [5, 5.41) is 0. The van der Waals surface area contributed by atoms with Gasteiger partial charge in [0.15, 0.2) is 0 Å². The number of carbonyl (C=O) groups excluding carboxylic acids is 2. The smallest absolute Gasteiger partial charge is 0.337 e. The lowest BCUT2D eigenvalue weighted by Gasteiger charge is -2.12. The van der Waals surface area contributed by atoms with Crippen LogP contribution < -0.4 is 4.72 Å². The quantitative estimate of drug-likeness (QED) is 0.819. The van der Waals surface area contributed by atoms with Crippen LogP contribution in [0.15, 0.2) is 47.4 Å². The van der Waals surface area contributed by atoms with Crippen molar-refractivity contribution in [3.63, 3.8) is 0 Å². The van der Waals surface area contributed by atoms with Gasteiger partial charge in [-0.25, -0.2) is 18.0 Å². The number of anilines is 1. The van der Waals surface area contributed by atoms with Gasteiger partial charge in [-0.1, -0.05) is 12.1 Å². The van der Waals surface area contributed by atoms with E-state index in [1.54, 1.807) is 13.0 Å². The van der Waals surface area contributed by atoms with E-state index >= 15 is 0 Å². The van der Waals surface area contributed by atoms with Crippen molar-refractivity contribution in [2.24, 2.45) is 0 Å². The fourth-order valence-electron chi connectivity index (χ4n) is 2.09. The highest BCUT2D eigenvalue weighted by atomic mass is 32.2. The van der Waals surface area contributed by atoms with Crippen LogP contribution in [0.3, 0.4) is 0 Å². The van der Waals surface area contributed by atoms with E-state index in [0.29, 0.717) is 5.56 Å². The van der Waals surface area contributed by atoms with Gasteiger partial charge in [0.05, 0.1) is 35.9 Å². The molecule has 1 N–H and O–H groups in total. The highest BCUT2D eigenvalue weighted by Crippen LogP contribution is 2.22. The topological polar surface area (TPSA) is 98.8 Å². The lowest BCUT2D eigenvalue weighted by molar-refractivity contribution is 0.0591.